The van der Waals surface area contributed by atoms with Gasteiger partial charge in [-0.25, -0.2) is 8.42 Å². The molecule has 0 spiro atoms. The van der Waals surface area contributed by atoms with Gasteiger partial charge in [-0.3, -0.25) is 14.6 Å². The first-order valence-electron chi connectivity index (χ1n) is 6.32. The largest absolute Gasteiger partial charge is 0.325 e. The fourth-order valence-electron chi connectivity index (χ4n) is 2.01. The SMILES string of the molecule is CC(=O)Nc1ccc(NS(=O)(=O)c2c(C)n[nH]c2C)cc1Cl. The molecule has 2 rings (SSSR count). The van der Waals surface area contributed by atoms with Crippen molar-refractivity contribution in [2.45, 2.75) is 25.7 Å². The summed E-state index contributed by atoms with van der Waals surface area (Å²) in [6, 6.07) is 4.46. The van der Waals surface area contributed by atoms with Crippen molar-refractivity contribution in [1.82, 2.24) is 10.2 Å². The topological polar surface area (TPSA) is 104 Å². The number of H-pyrrole nitrogens is 1. The fraction of sp³-hybridized carbons (Fsp3) is 0.231. The van der Waals surface area contributed by atoms with Crippen LogP contribution in [0.1, 0.15) is 18.3 Å². The van der Waals surface area contributed by atoms with Crippen LogP contribution in [0.25, 0.3) is 0 Å². The first kappa shape index (κ1) is 16.3. The summed E-state index contributed by atoms with van der Waals surface area (Å²) in [5.41, 5.74) is 1.53. The Bertz CT molecular complexity index is 810. The maximum atomic E-state index is 12.4. The summed E-state index contributed by atoms with van der Waals surface area (Å²) in [5, 5.41) is 9.28. The van der Waals surface area contributed by atoms with E-state index in [0.717, 1.165) is 0 Å². The molecule has 1 heterocycles. The van der Waals surface area contributed by atoms with Crippen molar-refractivity contribution in [3.05, 3.63) is 34.6 Å². The molecule has 0 bridgehead atoms. The van der Waals surface area contributed by atoms with Crippen LogP contribution in [0.15, 0.2) is 23.1 Å². The van der Waals surface area contributed by atoms with Crippen LogP contribution in [-0.2, 0) is 14.8 Å². The van der Waals surface area contributed by atoms with Crippen LogP contribution < -0.4 is 10.0 Å². The van der Waals surface area contributed by atoms with E-state index in [9.17, 15) is 13.2 Å². The summed E-state index contributed by atoms with van der Waals surface area (Å²) in [6.07, 6.45) is 0. The summed E-state index contributed by atoms with van der Waals surface area (Å²) in [6.45, 7) is 4.59. The molecular weight excluding hydrogens is 328 g/mol. The third-order valence-electron chi connectivity index (χ3n) is 2.86. The van der Waals surface area contributed by atoms with E-state index in [1.807, 2.05) is 0 Å². The zero-order valence-electron chi connectivity index (χ0n) is 12.2. The lowest BCUT2D eigenvalue weighted by Gasteiger charge is -2.10. The van der Waals surface area contributed by atoms with Crippen molar-refractivity contribution in [3.63, 3.8) is 0 Å². The highest BCUT2D eigenvalue weighted by molar-refractivity contribution is 7.92. The molecule has 9 heteroatoms. The van der Waals surface area contributed by atoms with E-state index in [4.69, 9.17) is 11.6 Å². The normalized spacial score (nSPS) is 11.3. The second kappa shape index (κ2) is 5.98. The van der Waals surface area contributed by atoms with E-state index in [1.165, 1.54) is 25.1 Å². The number of aryl methyl sites for hydroxylation is 2. The summed E-state index contributed by atoms with van der Waals surface area (Å²) < 4.78 is 27.2. The Morgan fingerprint density at radius 1 is 1.32 bits per heavy atom. The molecule has 3 N–H and O–H groups in total. The van der Waals surface area contributed by atoms with Gasteiger partial charge in [0, 0.05) is 6.92 Å². The van der Waals surface area contributed by atoms with Crippen LogP contribution in [0.3, 0.4) is 0 Å². The van der Waals surface area contributed by atoms with Gasteiger partial charge in [-0.1, -0.05) is 11.6 Å². The highest BCUT2D eigenvalue weighted by Gasteiger charge is 2.22. The number of rotatable bonds is 4. The molecule has 7 nitrogen and oxygen atoms in total. The zero-order chi connectivity index (χ0) is 16.5. The minimum atomic E-state index is -3.77. The Kier molecular flexibility index (Phi) is 4.43. The number of halogens is 1. The van der Waals surface area contributed by atoms with Crippen molar-refractivity contribution in [2.24, 2.45) is 0 Å². The Labute approximate surface area is 133 Å². The molecule has 1 aromatic heterocycles. The minimum Gasteiger partial charge on any atom is -0.325 e. The molecule has 0 fully saturated rings. The number of benzene rings is 1. The minimum absolute atomic E-state index is 0.106. The van der Waals surface area contributed by atoms with Gasteiger partial charge in [-0.2, -0.15) is 5.10 Å². The predicted octanol–water partition coefficient (Wildman–Crippen LogP) is 2.44. The Morgan fingerprint density at radius 2 is 2.00 bits per heavy atom. The van der Waals surface area contributed by atoms with Gasteiger partial charge < -0.3 is 5.32 Å². The summed E-state index contributed by atoms with van der Waals surface area (Å²) in [4.78, 5) is 11.1. The van der Waals surface area contributed by atoms with Crippen LogP contribution >= 0.6 is 11.6 Å². The van der Waals surface area contributed by atoms with Gasteiger partial charge in [0.25, 0.3) is 10.0 Å². The molecule has 118 valence electrons. The number of anilines is 2. The highest BCUT2D eigenvalue weighted by atomic mass is 35.5. The molecule has 0 saturated heterocycles. The number of carbonyl (C=O) groups excluding carboxylic acids is 1. The second-order valence-corrected chi connectivity index (χ2v) is 6.77. The van der Waals surface area contributed by atoms with Crippen LogP contribution in [0.2, 0.25) is 5.02 Å². The molecule has 1 amide bonds. The van der Waals surface area contributed by atoms with Gasteiger partial charge in [0.15, 0.2) is 0 Å². The molecule has 0 unspecified atom stereocenters. The van der Waals surface area contributed by atoms with Crippen molar-refractivity contribution in [1.29, 1.82) is 0 Å². The van der Waals surface area contributed by atoms with Crippen LogP contribution in [-0.4, -0.2) is 24.5 Å². The van der Waals surface area contributed by atoms with Crippen LogP contribution in [0.4, 0.5) is 11.4 Å². The third kappa shape index (κ3) is 3.40. The average molecular weight is 343 g/mol. The summed E-state index contributed by atoms with van der Waals surface area (Å²) in [7, 11) is -3.77. The van der Waals surface area contributed by atoms with E-state index in [2.05, 4.69) is 20.2 Å². The van der Waals surface area contributed by atoms with Gasteiger partial charge in [0.1, 0.15) is 4.90 Å². The molecule has 0 saturated carbocycles. The van der Waals surface area contributed by atoms with Crippen LogP contribution in [0.5, 0.6) is 0 Å². The van der Waals surface area contributed by atoms with E-state index >= 15 is 0 Å². The molecule has 1 aromatic carbocycles. The van der Waals surface area contributed by atoms with E-state index in [-0.39, 0.29) is 15.8 Å². The van der Waals surface area contributed by atoms with E-state index in [0.29, 0.717) is 22.8 Å². The molecule has 2 aromatic rings. The standard InChI is InChI=1S/C13H15ClN4O3S/c1-7-13(8(2)17-16-7)22(20,21)18-10-4-5-12(11(14)6-10)15-9(3)19/h4-6,18H,1-3H3,(H,15,19)(H,16,17). The van der Waals surface area contributed by atoms with Gasteiger partial charge in [0.2, 0.25) is 5.91 Å². The average Bonchev–Trinajstić information content (AvgIpc) is 2.72. The Hall–Kier alpha value is -2.06. The zero-order valence-corrected chi connectivity index (χ0v) is 13.8. The number of amides is 1. The predicted molar refractivity (Wildman–Crippen MR) is 84.6 cm³/mol. The Morgan fingerprint density at radius 3 is 2.50 bits per heavy atom. The highest BCUT2D eigenvalue weighted by Crippen LogP contribution is 2.27. The van der Waals surface area contributed by atoms with Gasteiger partial charge in [0.05, 0.1) is 27.8 Å². The maximum Gasteiger partial charge on any atom is 0.265 e. The molecule has 0 radical (unpaired) electrons. The number of nitrogens with zero attached hydrogens (tertiary/aromatic N) is 1. The number of sulfonamides is 1. The number of hydrogen-bond acceptors (Lipinski definition) is 4. The lowest BCUT2D eigenvalue weighted by atomic mass is 10.3. The van der Waals surface area contributed by atoms with Crippen molar-refractivity contribution >= 4 is 38.9 Å². The lowest BCUT2D eigenvalue weighted by Crippen LogP contribution is -2.15. The first-order valence-corrected chi connectivity index (χ1v) is 8.18. The van der Waals surface area contributed by atoms with Crippen molar-refractivity contribution < 1.29 is 13.2 Å². The molecule has 0 aliphatic heterocycles. The third-order valence-corrected chi connectivity index (χ3v) is 4.82. The number of carbonyl (C=O) groups is 1. The second-order valence-electron chi connectivity index (χ2n) is 4.74. The number of nitrogens with one attached hydrogen (secondary N) is 3. The molecule has 0 aliphatic carbocycles. The fourth-order valence-corrected chi connectivity index (χ4v) is 3.66. The lowest BCUT2D eigenvalue weighted by molar-refractivity contribution is -0.114. The van der Waals surface area contributed by atoms with Crippen molar-refractivity contribution in [2.75, 3.05) is 10.0 Å². The Balaban J connectivity index is 2.31. The first-order chi connectivity index (χ1) is 10.2. The number of aromatic nitrogens is 2. The van der Waals surface area contributed by atoms with Gasteiger partial charge in [-0.15, -0.1) is 0 Å². The van der Waals surface area contributed by atoms with Crippen molar-refractivity contribution in [3.8, 4) is 0 Å². The number of hydrogen-bond donors (Lipinski definition) is 3. The molecule has 0 atom stereocenters. The summed E-state index contributed by atoms with van der Waals surface area (Å²) >= 11 is 6.02. The smallest absolute Gasteiger partial charge is 0.265 e. The molecular formula is C13H15ClN4O3S. The molecule has 0 aliphatic rings. The van der Waals surface area contributed by atoms with Crippen LogP contribution in [0, 0.1) is 13.8 Å². The van der Waals surface area contributed by atoms with E-state index in [1.54, 1.807) is 13.8 Å². The van der Waals surface area contributed by atoms with Gasteiger partial charge in [-0.05, 0) is 32.0 Å². The summed E-state index contributed by atoms with van der Waals surface area (Å²) in [5.74, 6) is -0.264. The number of aromatic amines is 1. The molecule has 22 heavy (non-hydrogen) atoms. The monoisotopic (exact) mass is 342 g/mol. The maximum absolute atomic E-state index is 12.4. The van der Waals surface area contributed by atoms with E-state index < -0.39 is 10.0 Å². The quantitative estimate of drug-likeness (QED) is 0.793. The van der Waals surface area contributed by atoms with Gasteiger partial charge >= 0.3 is 0 Å².